The van der Waals surface area contributed by atoms with Crippen LogP contribution >= 0.6 is 0 Å². The fraction of sp³-hybridized carbons (Fsp3) is 0.938. The lowest BCUT2D eigenvalue weighted by molar-refractivity contribution is -0.132. The molecule has 0 aromatic carbocycles. The van der Waals surface area contributed by atoms with Crippen LogP contribution < -0.4 is 5.32 Å². The fourth-order valence-corrected chi connectivity index (χ4v) is 3.37. The lowest BCUT2D eigenvalue weighted by Gasteiger charge is -2.52. The van der Waals surface area contributed by atoms with E-state index >= 15 is 0 Å². The zero-order chi connectivity index (χ0) is 14.6. The summed E-state index contributed by atoms with van der Waals surface area (Å²) in [6.07, 6.45) is 5.68. The van der Waals surface area contributed by atoms with Gasteiger partial charge in [-0.15, -0.1) is 0 Å². The highest BCUT2D eigenvalue weighted by Gasteiger charge is 2.48. The molecule has 116 valence electrons. The molecule has 2 fully saturated rings. The first-order valence-corrected chi connectivity index (χ1v) is 8.18. The van der Waals surface area contributed by atoms with Crippen molar-refractivity contribution in [3.63, 3.8) is 0 Å². The number of ether oxygens (including phenoxy) is 1. The second kappa shape index (κ2) is 6.90. The van der Waals surface area contributed by atoms with Crippen LogP contribution in [0.5, 0.6) is 0 Å². The van der Waals surface area contributed by atoms with E-state index in [9.17, 15) is 4.79 Å². The Morgan fingerprint density at radius 1 is 1.30 bits per heavy atom. The first-order chi connectivity index (χ1) is 9.55. The molecule has 0 bridgehead atoms. The Hall–Kier alpha value is -0.610. The molecule has 4 heteroatoms. The standard InChI is InChI=1S/C16H30N2O2/c1-4-20-14-12-13(16(14,2)3)17-9-8-15(19)18-10-6-5-7-11-18/h13-14,17H,4-12H2,1-3H3. The SMILES string of the molecule is CCOC1CC(NCCC(=O)N2CCCCC2)C1(C)C. The molecule has 0 radical (unpaired) electrons. The smallest absolute Gasteiger partial charge is 0.223 e. The number of piperidine rings is 1. The van der Waals surface area contributed by atoms with Gasteiger partial charge in [0.05, 0.1) is 6.10 Å². The third-order valence-corrected chi connectivity index (χ3v) is 4.98. The highest BCUT2D eigenvalue weighted by Crippen LogP contribution is 2.42. The van der Waals surface area contributed by atoms with Gasteiger partial charge in [-0.2, -0.15) is 0 Å². The molecule has 1 amide bonds. The monoisotopic (exact) mass is 282 g/mol. The molecule has 1 aliphatic carbocycles. The van der Waals surface area contributed by atoms with Crippen molar-refractivity contribution in [3.8, 4) is 0 Å². The van der Waals surface area contributed by atoms with Gasteiger partial charge in [-0.25, -0.2) is 0 Å². The summed E-state index contributed by atoms with van der Waals surface area (Å²) in [5.41, 5.74) is 0.185. The molecule has 1 heterocycles. The predicted molar refractivity (Wildman–Crippen MR) is 80.7 cm³/mol. The molecule has 1 aliphatic heterocycles. The maximum absolute atomic E-state index is 12.1. The van der Waals surface area contributed by atoms with E-state index in [1.54, 1.807) is 0 Å². The largest absolute Gasteiger partial charge is 0.378 e. The van der Waals surface area contributed by atoms with Crippen molar-refractivity contribution in [1.82, 2.24) is 10.2 Å². The van der Waals surface area contributed by atoms with E-state index in [1.807, 2.05) is 11.8 Å². The second-order valence-corrected chi connectivity index (χ2v) is 6.70. The van der Waals surface area contributed by atoms with Crippen LogP contribution in [0.4, 0.5) is 0 Å². The number of rotatable bonds is 6. The molecule has 2 atom stereocenters. The van der Waals surface area contributed by atoms with Gasteiger partial charge in [0.15, 0.2) is 0 Å². The Morgan fingerprint density at radius 3 is 2.60 bits per heavy atom. The Labute approximate surface area is 123 Å². The molecule has 1 N–H and O–H groups in total. The minimum Gasteiger partial charge on any atom is -0.378 e. The highest BCUT2D eigenvalue weighted by atomic mass is 16.5. The summed E-state index contributed by atoms with van der Waals surface area (Å²) in [4.78, 5) is 14.1. The molecular weight excluding hydrogens is 252 g/mol. The molecule has 0 aromatic heterocycles. The van der Waals surface area contributed by atoms with Crippen LogP contribution in [-0.2, 0) is 9.53 Å². The molecule has 0 spiro atoms. The average Bonchev–Trinajstić information content (AvgIpc) is 2.46. The van der Waals surface area contributed by atoms with E-state index in [0.717, 1.165) is 32.7 Å². The van der Waals surface area contributed by atoms with Gasteiger partial charge in [-0.05, 0) is 32.6 Å². The van der Waals surface area contributed by atoms with Crippen LogP contribution in [0.3, 0.4) is 0 Å². The number of hydrogen-bond donors (Lipinski definition) is 1. The van der Waals surface area contributed by atoms with Gasteiger partial charge in [0.1, 0.15) is 0 Å². The van der Waals surface area contributed by atoms with Crippen molar-refractivity contribution in [3.05, 3.63) is 0 Å². The zero-order valence-electron chi connectivity index (χ0n) is 13.3. The van der Waals surface area contributed by atoms with Crippen molar-refractivity contribution in [1.29, 1.82) is 0 Å². The van der Waals surface area contributed by atoms with Crippen molar-refractivity contribution in [2.24, 2.45) is 5.41 Å². The molecule has 4 nitrogen and oxygen atoms in total. The summed E-state index contributed by atoms with van der Waals surface area (Å²) in [6, 6.07) is 0.480. The van der Waals surface area contributed by atoms with Crippen LogP contribution in [0.2, 0.25) is 0 Å². The van der Waals surface area contributed by atoms with Gasteiger partial charge >= 0.3 is 0 Å². The van der Waals surface area contributed by atoms with E-state index < -0.39 is 0 Å². The molecule has 2 aliphatic rings. The molecule has 2 unspecified atom stereocenters. The van der Waals surface area contributed by atoms with E-state index in [1.165, 1.54) is 19.3 Å². The van der Waals surface area contributed by atoms with Gasteiger partial charge in [-0.1, -0.05) is 13.8 Å². The van der Waals surface area contributed by atoms with Gasteiger partial charge in [0.2, 0.25) is 5.91 Å². The maximum atomic E-state index is 12.1. The number of likely N-dealkylation sites (tertiary alicyclic amines) is 1. The number of nitrogens with one attached hydrogen (secondary N) is 1. The quantitative estimate of drug-likeness (QED) is 0.812. The van der Waals surface area contributed by atoms with Gasteiger partial charge in [0.25, 0.3) is 0 Å². The lowest BCUT2D eigenvalue weighted by atomic mass is 9.64. The van der Waals surface area contributed by atoms with Gasteiger partial charge in [0, 0.05) is 44.1 Å². The Kier molecular flexibility index (Phi) is 5.44. The molecule has 1 saturated carbocycles. The van der Waals surface area contributed by atoms with Gasteiger partial charge < -0.3 is 15.0 Å². The third-order valence-electron chi connectivity index (χ3n) is 4.98. The molecule has 1 saturated heterocycles. The summed E-state index contributed by atoms with van der Waals surface area (Å²) < 4.78 is 5.73. The molecule has 0 aromatic rings. The van der Waals surface area contributed by atoms with E-state index in [4.69, 9.17) is 4.74 Å². The minimum atomic E-state index is 0.185. The molecular formula is C16H30N2O2. The summed E-state index contributed by atoms with van der Waals surface area (Å²) >= 11 is 0. The van der Waals surface area contributed by atoms with E-state index in [2.05, 4.69) is 19.2 Å². The summed E-state index contributed by atoms with van der Waals surface area (Å²) in [7, 11) is 0. The van der Waals surface area contributed by atoms with Crippen molar-refractivity contribution in [2.45, 2.75) is 65.0 Å². The van der Waals surface area contributed by atoms with E-state index in [0.29, 0.717) is 24.5 Å². The second-order valence-electron chi connectivity index (χ2n) is 6.70. The summed E-state index contributed by atoms with van der Waals surface area (Å²) in [5.74, 6) is 0.315. The lowest BCUT2D eigenvalue weighted by Crippen LogP contribution is -2.61. The van der Waals surface area contributed by atoms with Gasteiger partial charge in [-0.3, -0.25) is 4.79 Å². The molecule has 20 heavy (non-hydrogen) atoms. The van der Waals surface area contributed by atoms with Crippen LogP contribution in [0.1, 0.15) is 52.9 Å². The van der Waals surface area contributed by atoms with Crippen molar-refractivity contribution >= 4 is 5.91 Å². The maximum Gasteiger partial charge on any atom is 0.223 e. The number of carbonyl (C=O) groups excluding carboxylic acids is 1. The first kappa shape index (κ1) is 15.8. The number of nitrogens with zero attached hydrogens (tertiary/aromatic N) is 1. The van der Waals surface area contributed by atoms with Crippen LogP contribution in [0.15, 0.2) is 0 Å². The number of carbonyl (C=O) groups is 1. The summed E-state index contributed by atoms with van der Waals surface area (Å²) in [6.45, 7) is 10.0. The molecule has 2 rings (SSSR count). The zero-order valence-corrected chi connectivity index (χ0v) is 13.3. The normalized spacial score (nSPS) is 29.1. The summed E-state index contributed by atoms with van der Waals surface area (Å²) in [5, 5.41) is 3.54. The topological polar surface area (TPSA) is 41.6 Å². The fourth-order valence-electron chi connectivity index (χ4n) is 3.37. The minimum absolute atomic E-state index is 0.185. The highest BCUT2D eigenvalue weighted by molar-refractivity contribution is 5.76. The Bertz CT molecular complexity index is 324. The Morgan fingerprint density at radius 2 is 2.00 bits per heavy atom. The average molecular weight is 282 g/mol. The number of hydrogen-bond acceptors (Lipinski definition) is 3. The third kappa shape index (κ3) is 3.53. The van der Waals surface area contributed by atoms with E-state index in [-0.39, 0.29) is 5.41 Å². The first-order valence-electron chi connectivity index (χ1n) is 8.18. The van der Waals surface area contributed by atoms with Crippen molar-refractivity contribution < 1.29 is 9.53 Å². The number of amides is 1. The van der Waals surface area contributed by atoms with Crippen LogP contribution in [-0.4, -0.2) is 49.2 Å². The van der Waals surface area contributed by atoms with Crippen LogP contribution in [0.25, 0.3) is 0 Å². The Balaban J connectivity index is 1.65. The predicted octanol–water partition coefficient (Wildman–Crippen LogP) is 2.18. The van der Waals surface area contributed by atoms with Crippen LogP contribution in [0, 0.1) is 5.41 Å². The van der Waals surface area contributed by atoms with Crippen molar-refractivity contribution in [2.75, 3.05) is 26.2 Å².